The quantitative estimate of drug-likeness (QED) is 0.404. The predicted octanol–water partition coefficient (Wildman–Crippen LogP) is 5.25. The molecule has 0 saturated carbocycles. The highest BCUT2D eigenvalue weighted by atomic mass is 35.5. The first kappa shape index (κ1) is 20.6. The van der Waals surface area contributed by atoms with Crippen molar-refractivity contribution < 1.29 is 14.5 Å². The van der Waals surface area contributed by atoms with Gasteiger partial charge >= 0.3 is 0 Å². The normalized spacial score (nSPS) is 15.5. The first-order valence-corrected chi connectivity index (χ1v) is 9.90. The summed E-state index contributed by atoms with van der Waals surface area (Å²) in [7, 11) is 1.59. The minimum absolute atomic E-state index is 0.0412. The fourth-order valence-corrected chi connectivity index (χ4v) is 3.74. The van der Waals surface area contributed by atoms with E-state index in [4.69, 9.17) is 16.3 Å². The van der Waals surface area contributed by atoms with Gasteiger partial charge in [0.1, 0.15) is 5.75 Å². The predicted molar refractivity (Wildman–Crippen MR) is 118 cm³/mol. The molecule has 1 amide bonds. The zero-order valence-corrected chi connectivity index (χ0v) is 17.3. The molecule has 0 bridgehead atoms. The number of benzene rings is 3. The molecule has 8 heteroatoms. The molecule has 1 atom stereocenters. The van der Waals surface area contributed by atoms with Crippen molar-refractivity contribution in [2.45, 2.75) is 12.5 Å². The average Bonchev–Trinajstić information content (AvgIpc) is 3.24. The zero-order valence-electron chi connectivity index (χ0n) is 16.6. The average molecular weight is 436 g/mol. The summed E-state index contributed by atoms with van der Waals surface area (Å²) < 4.78 is 5.21. The number of amides is 1. The Morgan fingerprint density at radius 3 is 2.55 bits per heavy atom. The van der Waals surface area contributed by atoms with Gasteiger partial charge in [-0.05, 0) is 47.5 Å². The van der Waals surface area contributed by atoms with E-state index in [2.05, 4.69) is 5.10 Å². The molecule has 0 fully saturated rings. The molecule has 31 heavy (non-hydrogen) atoms. The fraction of sp³-hybridized carbons (Fsp3) is 0.130. The topological polar surface area (TPSA) is 85.0 Å². The number of non-ortho nitro benzene ring substituents is 1. The Morgan fingerprint density at radius 1 is 1.13 bits per heavy atom. The largest absolute Gasteiger partial charge is 0.497 e. The van der Waals surface area contributed by atoms with E-state index in [-0.39, 0.29) is 11.6 Å². The number of halogens is 1. The van der Waals surface area contributed by atoms with Crippen LogP contribution in [0.2, 0.25) is 5.02 Å². The minimum Gasteiger partial charge on any atom is -0.497 e. The van der Waals surface area contributed by atoms with Gasteiger partial charge in [-0.25, -0.2) is 5.01 Å². The van der Waals surface area contributed by atoms with Crippen LogP contribution in [-0.2, 0) is 0 Å². The van der Waals surface area contributed by atoms with E-state index >= 15 is 0 Å². The minimum atomic E-state index is -0.499. The molecular weight excluding hydrogens is 418 g/mol. The Bertz CT molecular complexity index is 1180. The number of nitro benzene ring substituents is 1. The number of nitrogens with zero attached hydrogens (tertiary/aromatic N) is 3. The van der Waals surface area contributed by atoms with Crippen molar-refractivity contribution in [1.29, 1.82) is 0 Å². The summed E-state index contributed by atoms with van der Waals surface area (Å²) in [6, 6.07) is 19.9. The molecule has 0 saturated heterocycles. The number of nitro groups is 1. The highest BCUT2D eigenvalue weighted by Gasteiger charge is 2.35. The van der Waals surface area contributed by atoms with Crippen molar-refractivity contribution in [3.8, 4) is 5.75 Å². The van der Waals surface area contributed by atoms with Crippen LogP contribution in [0.25, 0.3) is 0 Å². The van der Waals surface area contributed by atoms with Crippen LogP contribution in [0.15, 0.2) is 77.9 Å². The van der Waals surface area contributed by atoms with E-state index in [0.29, 0.717) is 34.0 Å². The lowest BCUT2D eigenvalue weighted by Gasteiger charge is -2.22. The van der Waals surface area contributed by atoms with Crippen molar-refractivity contribution in [3.05, 3.63) is 105 Å². The van der Waals surface area contributed by atoms with Crippen LogP contribution in [0.3, 0.4) is 0 Å². The first-order valence-electron chi connectivity index (χ1n) is 9.52. The van der Waals surface area contributed by atoms with Gasteiger partial charge in [-0.2, -0.15) is 5.10 Å². The van der Waals surface area contributed by atoms with Gasteiger partial charge in [-0.15, -0.1) is 0 Å². The van der Waals surface area contributed by atoms with E-state index in [1.807, 2.05) is 24.3 Å². The summed E-state index contributed by atoms with van der Waals surface area (Å²) in [5.74, 6) is 0.340. The highest BCUT2D eigenvalue weighted by Crippen LogP contribution is 2.36. The van der Waals surface area contributed by atoms with E-state index < -0.39 is 11.0 Å². The zero-order chi connectivity index (χ0) is 22.0. The van der Waals surface area contributed by atoms with E-state index in [0.717, 1.165) is 5.56 Å². The molecule has 0 spiro atoms. The van der Waals surface area contributed by atoms with Gasteiger partial charge in [0.15, 0.2) is 0 Å². The van der Waals surface area contributed by atoms with Crippen molar-refractivity contribution in [1.82, 2.24) is 5.01 Å². The van der Waals surface area contributed by atoms with Crippen LogP contribution in [0.1, 0.15) is 33.9 Å². The molecule has 0 N–H and O–H groups in total. The lowest BCUT2D eigenvalue weighted by Crippen LogP contribution is -2.27. The van der Waals surface area contributed by atoms with Gasteiger partial charge in [-0.3, -0.25) is 14.9 Å². The third-order valence-electron chi connectivity index (χ3n) is 5.11. The highest BCUT2D eigenvalue weighted by molar-refractivity contribution is 6.33. The Hall–Kier alpha value is -3.71. The lowest BCUT2D eigenvalue weighted by atomic mass is 9.97. The third kappa shape index (κ3) is 4.13. The molecule has 1 aliphatic heterocycles. The standard InChI is InChI=1S/C23H18ClN3O4/c1-31-18-11-9-15(10-12-18)21-14-22(16-5-4-6-17(13-16)27(29)30)26(25-21)23(28)19-7-2-3-8-20(19)24/h2-13,22H,14H2,1H3/t22-/m0/s1. The number of rotatable bonds is 5. The second-order valence-corrected chi connectivity index (χ2v) is 7.38. The van der Waals surface area contributed by atoms with Gasteiger partial charge in [0.2, 0.25) is 0 Å². The van der Waals surface area contributed by atoms with Crippen LogP contribution in [0.4, 0.5) is 5.69 Å². The molecule has 7 nitrogen and oxygen atoms in total. The fourth-order valence-electron chi connectivity index (χ4n) is 3.52. The molecule has 3 aromatic rings. The second-order valence-electron chi connectivity index (χ2n) is 6.98. The van der Waals surface area contributed by atoms with Gasteiger partial charge in [0.05, 0.1) is 34.4 Å². The van der Waals surface area contributed by atoms with Gasteiger partial charge in [-0.1, -0.05) is 35.9 Å². The Labute approximate surface area is 183 Å². The summed E-state index contributed by atoms with van der Waals surface area (Å²) in [4.78, 5) is 24.1. The van der Waals surface area contributed by atoms with Crippen LogP contribution >= 0.6 is 11.6 Å². The van der Waals surface area contributed by atoms with Crippen molar-refractivity contribution >= 4 is 28.9 Å². The van der Waals surface area contributed by atoms with E-state index in [1.54, 1.807) is 43.5 Å². The summed E-state index contributed by atoms with van der Waals surface area (Å²) in [6.45, 7) is 0. The number of carbonyl (C=O) groups excluding carboxylic acids is 1. The first-order chi connectivity index (χ1) is 15.0. The molecule has 0 aliphatic carbocycles. The molecule has 0 radical (unpaired) electrons. The van der Waals surface area contributed by atoms with Crippen molar-refractivity contribution in [2.75, 3.05) is 7.11 Å². The molecule has 156 valence electrons. The Kier molecular flexibility index (Phi) is 5.68. The molecule has 3 aromatic carbocycles. The summed E-state index contributed by atoms with van der Waals surface area (Å²) >= 11 is 6.25. The summed E-state index contributed by atoms with van der Waals surface area (Å²) in [5.41, 5.74) is 2.44. The number of hydrogen-bond acceptors (Lipinski definition) is 5. The maximum Gasteiger partial charge on any atom is 0.276 e. The van der Waals surface area contributed by atoms with Crippen LogP contribution in [0, 0.1) is 10.1 Å². The summed E-state index contributed by atoms with van der Waals surface area (Å²) in [6.07, 6.45) is 0.406. The Morgan fingerprint density at radius 2 is 1.87 bits per heavy atom. The molecular formula is C23H18ClN3O4. The monoisotopic (exact) mass is 435 g/mol. The third-order valence-corrected chi connectivity index (χ3v) is 5.44. The van der Waals surface area contributed by atoms with Gasteiger partial charge < -0.3 is 4.74 Å². The summed E-state index contributed by atoms with van der Waals surface area (Å²) in [5, 5.41) is 17.5. The number of ether oxygens (including phenoxy) is 1. The maximum absolute atomic E-state index is 13.3. The number of hydrogen-bond donors (Lipinski definition) is 0. The lowest BCUT2D eigenvalue weighted by molar-refractivity contribution is -0.384. The molecule has 0 unspecified atom stereocenters. The molecule has 4 rings (SSSR count). The molecule has 1 heterocycles. The van der Waals surface area contributed by atoms with Crippen molar-refractivity contribution in [2.24, 2.45) is 5.10 Å². The number of hydrazone groups is 1. The van der Waals surface area contributed by atoms with Gasteiger partial charge in [0.25, 0.3) is 11.6 Å². The number of carbonyl (C=O) groups is 1. The van der Waals surface area contributed by atoms with Gasteiger partial charge in [0, 0.05) is 18.6 Å². The Balaban J connectivity index is 1.76. The van der Waals surface area contributed by atoms with Crippen LogP contribution in [0.5, 0.6) is 5.75 Å². The van der Waals surface area contributed by atoms with Crippen molar-refractivity contribution in [3.63, 3.8) is 0 Å². The SMILES string of the molecule is COc1ccc(C2=NN(C(=O)c3ccccc3Cl)[C@H](c3cccc([N+](=O)[O-])c3)C2)cc1. The maximum atomic E-state index is 13.3. The van der Waals surface area contributed by atoms with Crippen LogP contribution < -0.4 is 4.74 Å². The van der Waals surface area contributed by atoms with Crippen LogP contribution in [-0.4, -0.2) is 28.7 Å². The molecule has 1 aliphatic rings. The smallest absolute Gasteiger partial charge is 0.276 e. The van der Waals surface area contributed by atoms with E-state index in [1.165, 1.54) is 17.1 Å². The van der Waals surface area contributed by atoms with E-state index in [9.17, 15) is 14.9 Å². The molecule has 0 aromatic heterocycles. The number of methoxy groups -OCH3 is 1. The second kappa shape index (κ2) is 8.57.